The van der Waals surface area contributed by atoms with Crippen molar-refractivity contribution < 1.29 is 41.8 Å². The quantitative estimate of drug-likeness (QED) is 0.541. The van der Waals surface area contributed by atoms with Crippen LogP contribution in [0.1, 0.15) is 21.5 Å². The van der Waals surface area contributed by atoms with Crippen LogP contribution in [0.4, 0.5) is 18.9 Å². The molecule has 0 atom stereocenters. The molecular weight excluding hydrogens is 407 g/mol. The first-order valence-electron chi connectivity index (χ1n) is 8.42. The minimum absolute atomic E-state index is 0.222. The van der Waals surface area contributed by atoms with Gasteiger partial charge in [-0.3, -0.25) is 0 Å². The Morgan fingerprint density at radius 3 is 2.03 bits per heavy atom. The summed E-state index contributed by atoms with van der Waals surface area (Å²) in [6.45, 7) is 1.19. The van der Waals surface area contributed by atoms with Gasteiger partial charge in [-0.25, -0.2) is 14.4 Å². The second kappa shape index (κ2) is 8.85. The Labute approximate surface area is 170 Å². The van der Waals surface area contributed by atoms with E-state index in [0.29, 0.717) is 6.07 Å². The monoisotopic (exact) mass is 425 g/mol. The Balaban J connectivity index is 2.91. The van der Waals surface area contributed by atoms with Crippen molar-refractivity contribution in [3.05, 3.63) is 64.5 Å². The topological polar surface area (TPSA) is 82.1 Å². The number of ether oxygens (including phenoxy) is 3. The standard InChI is InChI=1S/C20H18F3NO6/c1-11-9-13(18(26)29-3)15(10-14(11)20(21,22)23)24-8-6-5-7-12(17(25)28-2)16(24)19(27)30-4/h5-10H,1-4H3. The predicted molar refractivity (Wildman–Crippen MR) is 99.3 cm³/mol. The van der Waals surface area contributed by atoms with Crippen molar-refractivity contribution in [3.63, 3.8) is 0 Å². The molecule has 1 aliphatic rings. The molecule has 2 rings (SSSR count). The van der Waals surface area contributed by atoms with Crippen LogP contribution in [0.3, 0.4) is 0 Å². The van der Waals surface area contributed by atoms with Gasteiger partial charge in [-0.2, -0.15) is 13.2 Å². The number of carbonyl (C=O) groups is 3. The molecule has 1 aliphatic heterocycles. The zero-order chi connectivity index (χ0) is 22.6. The summed E-state index contributed by atoms with van der Waals surface area (Å²) in [5.41, 5.74) is -2.54. The number of anilines is 1. The average molecular weight is 425 g/mol. The first kappa shape index (κ1) is 22.7. The third kappa shape index (κ3) is 4.37. The first-order valence-corrected chi connectivity index (χ1v) is 8.42. The fourth-order valence-electron chi connectivity index (χ4n) is 2.83. The number of esters is 3. The van der Waals surface area contributed by atoms with Crippen molar-refractivity contribution in [2.75, 3.05) is 26.2 Å². The van der Waals surface area contributed by atoms with Gasteiger partial charge in [0.1, 0.15) is 5.70 Å². The van der Waals surface area contributed by atoms with Gasteiger partial charge in [-0.1, -0.05) is 6.08 Å². The van der Waals surface area contributed by atoms with Crippen LogP contribution in [0.2, 0.25) is 0 Å². The number of rotatable bonds is 4. The highest BCUT2D eigenvalue weighted by atomic mass is 19.4. The van der Waals surface area contributed by atoms with Crippen molar-refractivity contribution in [2.24, 2.45) is 0 Å². The molecule has 0 amide bonds. The van der Waals surface area contributed by atoms with Crippen LogP contribution in [-0.4, -0.2) is 39.2 Å². The van der Waals surface area contributed by atoms with Gasteiger partial charge in [-0.05, 0) is 36.8 Å². The Morgan fingerprint density at radius 2 is 1.50 bits per heavy atom. The summed E-state index contributed by atoms with van der Waals surface area (Å²) in [6.07, 6.45) is 0.474. The van der Waals surface area contributed by atoms with Gasteiger partial charge in [0.25, 0.3) is 0 Å². The Kier molecular flexibility index (Phi) is 6.70. The lowest BCUT2D eigenvalue weighted by molar-refractivity contribution is -0.139. The smallest absolute Gasteiger partial charge is 0.416 e. The van der Waals surface area contributed by atoms with Crippen molar-refractivity contribution in [1.82, 2.24) is 0 Å². The molecule has 160 valence electrons. The molecule has 1 aromatic rings. The average Bonchev–Trinajstić information content (AvgIpc) is 2.93. The largest absolute Gasteiger partial charge is 0.465 e. The second-order valence-electron chi connectivity index (χ2n) is 5.99. The fraction of sp³-hybridized carbons (Fsp3) is 0.250. The summed E-state index contributed by atoms with van der Waals surface area (Å²) in [6, 6.07) is 1.71. The van der Waals surface area contributed by atoms with Crippen molar-refractivity contribution >= 4 is 23.6 Å². The predicted octanol–water partition coefficient (Wildman–Crippen LogP) is 3.29. The number of hydrogen-bond acceptors (Lipinski definition) is 7. The molecule has 30 heavy (non-hydrogen) atoms. The van der Waals surface area contributed by atoms with E-state index in [9.17, 15) is 27.6 Å². The Hall–Kier alpha value is -3.56. The van der Waals surface area contributed by atoms with E-state index in [1.807, 2.05) is 0 Å². The van der Waals surface area contributed by atoms with E-state index in [0.717, 1.165) is 32.3 Å². The van der Waals surface area contributed by atoms with E-state index in [1.165, 1.54) is 31.4 Å². The second-order valence-corrected chi connectivity index (χ2v) is 5.99. The number of halogens is 3. The van der Waals surface area contributed by atoms with Gasteiger partial charge in [0, 0.05) is 6.20 Å². The van der Waals surface area contributed by atoms with E-state index in [4.69, 9.17) is 4.74 Å². The number of allylic oxidation sites excluding steroid dienone is 2. The molecule has 7 nitrogen and oxygen atoms in total. The number of hydrogen-bond donors (Lipinski definition) is 0. The van der Waals surface area contributed by atoms with Crippen LogP contribution in [0, 0.1) is 6.92 Å². The molecule has 0 aliphatic carbocycles. The Morgan fingerprint density at radius 1 is 0.900 bits per heavy atom. The van der Waals surface area contributed by atoms with Gasteiger partial charge in [0.15, 0.2) is 0 Å². The summed E-state index contributed by atoms with van der Waals surface area (Å²) < 4.78 is 54.7. The molecule has 0 saturated heterocycles. The molecule has 0 radical (unpaired) electrons. The van der Waals surface area contributed by atoms with Crippen LogP contribution in [0.25, 0.3) is 0 Å². The third-order valence-electron chi connectivity index (χ3n) is 4.20. The lowest BCUT2D eigenvalue weighted by atomic mass is 10.0. The Bertz CT molecular complexity index is 975. The van der Waals surface area contributed by atoms with Crippen molar-refractivity contribution in [1.29, 1.82) is 0 Å². The van der Waals surface area contributed by atoms with E-state index < -0.39 is 35.3 Å². The normalized spacial score (nSPS) is 13.8. The van der Waals surface area contributed by atoms with Gasteiger partial charge in [0.2, 0.25) is 0 Å². The molecule has 0 bridgehead atoms. The number of benzene rings is 1. The minimum atomic E-state index is -4.73. The lowest BCUT2D eigenvalue weighted by Gasteiger charge is -2.26. The molecule has 10 heteroatoms. The molecule has 0 aromatic heterocycles. The summed E-state index contributed by atoms with van der Waals surface area (Å²) >= 11 is 0. The van der Waals surface area contributed by atoms with E-state index in [2.05, 4.69) is 9.47 Å². The molecule has 0 saturated carbocycles. The first-order chi connectivity index (χ1) is 14.1. The van der Waals surface area contributed by atoms with Crippen molar-refractivity contribution in [3.8, 4) is 0 Å². The van der Waals surface area contributed by atoms with Crippen LogP contribution < -0.4 is 4.90 Å². The molecule has 0 fully saturated rings. The van der Waals surface area contributed by atoms with Crippen LogP contribution >= 0.6 is 0 Å². The third-order valence-corrected chi connectivity index (χ3v) is 4.20. The number of carbonyl (C=O) groups excluding carboxylic acids is 3. The maximum absolute atomic E-state index is 13.5. The maximum Gasteiger partial charge on any atom is 0.416 e. The summed E-state index contributed by atoms with van der Waals surface area (Å²) in [4.78, 5) is 38.0. The highest BCUT2D eigenvalue weighted by molar-refractivity contribution is 6.07. The number of alkyl halides is 3. The molecule has 1 heterocycles. The van der Waals surface area contributed by atoms with Crippen LogP contribution in [0.15, 0.2) is 47.8 Å². The van der Waals surface area contributed by atoms with Gasteiger partial charge in [0.05, 0.1) is 43.7 Å². The van der Waals surface area contributed by atoms with Gasteiger partial charge in [-0.15, -0.1) is 0 Å². The summed E-state index contributed by atoms with van der Waals surface area (Å²) in [7, 11) is 3.18. The van der Waals surface area contributed by atoms with Crippen LogP contribution in [0.5, 0.6) is 0 Å². The van der Waals surface area contributed by atoms with E-state index in [-0.39, 0.29) is 22.4 Å². The molecule has 1 aromatic carbocycles. The summed E-state index contributed by atoms with van der Waals surface area (Å²) in [5, 5.41) is 0. The van der Waals surface area contributed by atoms with Gasteiger partial charge >= 0.3 is 24.1 Å². The summed E-state index contributed by atoms with van der Waals surface area (Å²) in [5.74, 6) is -2.89. The zero-order valence-electron chi connectivity index (χ0n) is 16.5. The number of aryl methyl sites for hydroxylation is 1. The minimum Gasteiger partial charge on any atom is -0.465 e. The maximum atomic E-state index is 13.5. The van der Waals surface area contributed by atoms with Gasteiger partial charge < -0.3 is 19.1 Å². The highest BCUT2D eigenvalue weighted by Crippen LogP contribution is 2.38. The number of methoxy groups -OCH3 is 3. The fourth-order valence-corrected chi connectivity index (χ4v) is 2.83. The SMILES string of the molecule is COC(=O)C1=C(C(=O)OC)N(c2cc(C(F)(F)F)c(C)cc2C(=O)OC)C=CC=C1. The molecular formula is C20H18F3NO6. The molecule has 0 spiro atoms. The van der Waals surface area contributed by atoms with E-state index >= 15 is 0 Å². The lowest BCUT2D eigenvalue weighted by Crippen LogP contribution is -2.29. The van der Waals surface area contributed by atoms with E-state index in [1.54, 1.807) is 0 Å². The van der Waals surface area contributed by atoms with Crippen LogP contribution in [-0.2, 0) is 30.0 Å². The number of nitrogens with zero attached hydrogens (tertiary/aromatic N) is 1. The molecule has 0 unspecified atom stereocenters. The zero-order valence-corrected chi connectivity index (χ0v) is 16.5. The molecule has 0 N–H and O–H groups in total. The van der Waals surface area contributed by atoms with Crippen molar-refractivity contribution in [2.45, 2.75) is 13.1 Å². The highest BCUT2D eigenvalue weighted by Gasteiger charge is 2.36.